The Bertz CT molecular complexity index is 511. The van der Waals surface area contributed by atoms with Crippen LogP contribution in [0.3, 0.4) is 0 Å². The molecule has 2 aromatic rings. The minimum atomic E-state index is 0.0903. The number of nitrogens with zero attached hydrogens (tertiary/aromatic N) is 4. The quantitative estimate of drug-likeness (QED) is 0.662. The van der Waals surface area contributed by atoms with Gasteiger partial charge in [-0.15, -0.1) is 0 Å². The zero-order valence-corrected chi connectivity index (χ0v) is 8.50. The number of nitrogens with two attached hydrogens (primary N) is 1. The molecule has 0 bridgehead atoms. The number of halogens is 1. The first kappa shape index (κ1) is 9.08. The van der Waals surface area contributed by atoms with Crippen molar-refractivity contribution in [2.24, 2.45) is 0 Å². The van der Waals surface area contributed by atoms with Crippen molar-refractivity contribution in [1.82, 2.24) is 19.9 Å². The molecule has 2 aromatic heterocycles. The predicted molar refractivity (Wildman–Crippen MR) is 54.0 cm³/mol. The second-order valence-corrected chi connectivity index (χ2v) is 3.28. The molecule has 0 radical (unpaired) electrons. The molecule has 14 heavy (non-hydrogen) atoms. The molecule has 0 saturated carbocycles. The topological polar surface area (TPSA) is 77.6 Å². The highest BCUT2D eigenvalue weighted by Crippen LogP contribution is 2.17. The van der Waals surface area contributed by atoms with Crippen molar-refractivity contribution in [3.05, 3.63) is 16.7 Å². The Kier molecular flexibility index (Phi) is 1.96. The van der Waals surface area contributed by atoms with Crippen LogP contribution in [0.1, 0.15) is 11.4 Å². The van der Waals surface area contributed by atoms with Gasteiger partial charge in [0.15, 0.2) is 17.0 Å². The van der Waals surface area contributed by atoms with Crippen LogP contribution in [0.4, 0.5) is 5.82 Å². The predicted octanol–water partition coefficient (Wildman–Crippen LogP) is 1.27. The third kappa shape index (κ3) is 1.35. The van der Waals surface area contributed by atoms with Crippen LogP contribution >= 0.6 is 11.6 Å². The Morgan fingerprint density at radius 3 is 2.36 bits per heavy atom. The lowest BCUT2D eigenvalue weighted by atomic mass is 10.3. The normalized spacial score (nSPS) is 10.8. The summed E-state index contributed by atoms with van der Waals surface area (Å²) in [6.45, 7) is 3.71. The summed E-state index contributed by atoms with van der Waals surface area (Å²) < 4.78 is 0. The lowest BCUT2D eigenvalue weighted by Gasteiger charge is -2.03. The molecule has 0 aromatic carbocycles. The Morgan fingerprint density at radius 1 is 1.00 bits per heavy atom. The van der Waals surface area contributed by atoms with Gasteiger partial charge in [0.25, 0.3) is 0 Å². The van der Waals surface area contributed by atoms with Gasteiger partial charge < -0.3 is 5.73 Å². The van der Waals surface area contributed by atoms with Gasteiger partial charge >= 0.3 is 0 Å². The lowest BCUT2D eigenvalue weighted by Crippen LogP contribution is -2.01. The highest BCUT2D eigenvalue weighted by Gasteiger charge is 2.08. The Balaban J connectivity index is 2.89. The molecule has 0 aliphatic heterocycles. The average Bonchev–Trinajstić information content (AvgIpc) is 2.08. The zero-order chi connectivity index (χ0) is 10.3. The van der Waals surface area contributed by atoms with Crippen molar-refractivity contribution in [3.8, 4) is 0 Å². The first-order chi connectivity index (χ1) is 6.58. The second-order valence-electron chi connectivity index (χ2n) is 2.94. The largest absolute Gasteiger partial charge is 0.382 e. The fraction of sp³-hybridized carbons (Fsp3) is 0.250. The molecule has 0 unspecified atom stereocenters. The average molecular weight is 210 g/mol. The van der Waals surface area contributed by atoms with E-state index in [-0.39, 0.29) is 11.1 Å². The van der Waals surface area contributed by atoms with E-state index in [0.717, 1.165) is 11.4 Å². The minimum Gasteiger partial charge on any atom is -0.382 e. The molecule has 5 nitrogen and oxygen atoms in total. The molecule has 0 aliphatic carbocycles. The number of hydrogen-bond donors (Lipinski definition) is 1. The van der Waals surface area contributed by atoms with Gasteiger partial charge in [0.1, 0.15) is 0 Å². The second kappa shape index (κ2) is 3.02. The summed E-state index contributed by atoms with van der Waals surface area (Å²) in [4.78, 5) is 16.2. The highest BCUT2D eigenvalue weighted by atomic mass is 35.5. The zero-order valence-electron chi connectivity index (χ0n) is 7.74. The van der Waals surface area contributed by atoms with Gasteiger partial charge in [-0.25, -0.2) is 9.97 Å². The summed E-state index contributed by atoms with van der Waals surface area (Å²) in [6, 6.07) is 0. The van der Waals surface area contributed by atoms with E-state index in [1.807, 2.05) is 13.8 Å². The summed E-state index contributed by atoms with van der Waals surface area (Å²) in [5.41, 5.74) is 8.20. The number of rotatable bonds is 0. The first-order valence-electron chi connectivity index (χ1n) is 4.02. The maximum atomic E-state index is 5.65. The van der Waals surface area contributed by atoms with E-state index in [1.165, 1.54) is 0 Å². The molecule has 2 N–H and O–H groups in total. The van der Waals surface area contributed by atoms with Crippen LogP contribution in [0.5, 0.6) is 0 Å². The van der Waals surface area contributed by atoms with Crippen LogP contribution < -0.4 is 5.73 Å². The van der Waals surface area contributed by atoms with Crippen molar-refractivity contribution in [2.75, 3.05) is 5.73 Å². The van der Waals surface area contributed by atoms with Crippen LogP contribution in [0.25, 0.3) is 11.2 Å². The van der Waals surface area contributed by atoms with Crippen molar-refractivity contribution in [3.63, 3.8) is 0 Å². The first-order valence-corrected chi connectivity index (χ1v) is 4.39. The fourth-order valence-corrected chi connectivity index (χ4v) is 1.28. The molecular formula is C8H8ClN5. The van der Waals surface area contributed by atoms with Crippen molar-refractivity contribution < 1.29 is 0 Å². The molecule has 2 rings (SSSR count). The van der Waals surface area contributed by atoms with E-state index in [9.17, 15) is 0 Å². The SMILES string of the molecule is Cc1nc2nc(Cl)nc(N)c2nc1C. The Morgan fingerprint density at radius 2 is 1.64 bits per heavy atom. The van der Waals surface area contributed by atoms with Gasteiger partial charge in [-0.2, -0.15) is 9.97 Å². The molecule has 0 atom stereocenters. The molecule has 0 fully saturated rings. The number of nitrogen functional groups attached to an aromatic ring is 1. The van der Waals surface area contributed by atoms with Gasteiger partial charge in [0.05, 0.1) is 11.4 Å². The smallest absolute Gasteiger partial charge is 0.226 e. The summed E-state index contributed by atoms with van der Waals surface area (Å²) in [5, 5.41) is 0.0903. The van der Waals surface area contributed by atoms with E-state index in [4.69, 9.17) is 17.3 Å². The minimum absolute atomic E-state index is 0.0903. The van der Waals surface area contributed by atoms with Crippen molar-refractivity contribution in [1.29, 1.82) is 0 Å². The number of anilines is 1. The number of fused-ring (bicyclic) bond motifs is 1. The van der Waals surface area contributed by atoms with Gasteiger partial charge in [-0.1, -0.05) is 0 Å². The van der Waals surface area contributed by atoms with Crippen LogP contribution in [0, 0.1) is 13.8 Å². The monoisotopic (exact) mass is 209 g/mol. The van der Waals surface area contributed by atoms with Crippen LogP contribution in [0.2, 0.25) is 5.28 Å². The van der Waals surface area contributed by atoms with E-state index < -0.39 is 0 Å². The summed E-state index contributed by atoms with van der Waals surface area (Å²) in [5.74, 6) is 0.260. The van der Waals surface area contributed by atoms with Gasteiger partial charge in [0, 0.05) is 0 Å². The number of aromatic nitrogens is 4. The Labute approximate surface area is 85.4 Å². The molecule has 2 heterocycles. The molecule has 6 heteroatoms. The van der Waals surface area contributed by atoms with E-state index in [1.54, 1.807) is 0 Å². The molecule has 0 spiro atoms. The van der Waals surface area contributed by atoms with Crippen LogP contribution in [-0.4, -0.2) is 19.9 Å². The number of aryl methyl sites for hydroxylation is 2. The van der Waals surface area contributed by atoms with E-state index in [0.29, 0.717) is 11.2 Å². The maximum absolute atomic E-state index is 5.65. The van der Waals surface area contributed by atoms with Crippen LogP contribution in [-0.2, 0) is 0 Å². The Hall–Kier alpha value is -1.49. The standard InChI is InChI=1S/C8H8ClN5/c1-3-4(2)12-7-5(11-3)6(10)13-8(9)14-7/h1-2H3,(H2,10,12,13,14). The third-order valence-corrected chi connectivity index (χ3v) is 2.11. The highest BCUT2D eigenvalue weighted by molar-refractivity contribution is 6.28. The van der Waals surface area contributed by atoms with E-state index in [2.05, 4.69) is 19.9 Å². The van der Waals surface area contributed by atoms with E-state index >= 15 is 0 Å². The molecule has 72 valence electrons. The fourth-order valence-electron chi connectivity index (χ4n) is 1.11. The molecular weight excluding hydrogens is 202 g/mol. The van der Waals surface area contributed by atoms with Gasteiger partial charge in [-0.3, -0.25) is 0 Å². The molecule has 0 amide bonds. The molecule has 0 aliphatic rings. The summed E-state index contributed by atoms with van der Waals surface area (Å²) in [6.07, 6.45) is 0. The summed E-state index contributed by atoms with van der Waals surface area (Å²) in [7, 11) is 0. The van der Waals surface area contributed by atoms with Gasteiger partial charge in [-0.05, 0) is 25.4 Å². The third-order valence-electron chi connectivity index (χ3n) is 1.94. The summed E-state index contributed by atoms with van der Waals surface area (Å²) >= 11 is 5.65. The van der Waals surface area contributed by atoms with Crippen molar-refractivity contribution >= 4 is 28.6 Å². The maximum Gasteiger partial charge on any atom is 0.226 e. The number of hydrogen-bond acceptors (Lipinski definition) is 5. The molecule has 0 saturated heterocycles. The van der Waals surface area contributed by atoms with Crippen molar-refractivity contribution in [2.45, 2.75) is 13.8 Å². The van der Waals surface area contributed by atoms with Gasteiger partial charge in [0.2, 0.25) is 5.28 Å². The van der Waals surface area contributed by atoms with Crippen LogP contribution in [0.15, 0.2) is 0 Å². The lowest BCUT2D eigenvalue weighted by molar-refractivity contribution is 1.06.